The number of aromatic amines is 1. The summed E-state index contributed by atoms with van der Waals surface area (Å²) in [5.74, 6) is -0.0981. The van der Waals surface area contributed by atoms with Crippen LogP contribution in [0.2, 0.25) is 0 Å². The topological polar surface area (TPSA) is 78.1 Å². The van der Waals surface area contributed by atoms with Crippen molar-refractivity contribution in [3.8, 4) is 0 Å². The molecular formula is C21H22N4O2S. The van der Waals surface area contributed by atoms with Crippen LogP contribution < -0.4 is 10.9 Å². The number of benzene rings is 1. The Labute approximate surface area is 166 Å². The zero-order chi connectivity index (χ0) is 19.1. The van der Waals surface area contributed by atoms with Gasteiger partial charge in [-0.05, 0) is 66.2 Å². The molecule has 28 heavy (non-hydrogen) atoms. The molecule has 1 spiro atoms. The van der Waals surface area contributed by atoms with Crippen molar-refractivity contribution in [2.45, 2.75) is 31.8 Å². The minimum absolute atomic E-state index is 0.0981. The first-order valence-electron chi connectivity index (χ1n) is 9.68. The molecule has 5 rings (SSSR count). The lowest BCUT2D eigenvalue weighted by atomic mass is 9.93. The third kappa shape index (κ3) is 2.95. The molecule has 1 saturated carbocycles. The number of hydrogen-bond acceptors (Lipinski definition) is 5. The van der Waals surface area contributed by atoms with Crippen molar-refractivity contribution in [3.05, 3.63) is 62.7 Å². The Morgan fingerprint density at radius 2 is 2.00 bits per heavy atom. The lowest BCUT2D eigenvalue weighted by molar-refractivity contribution is 0.0687. The van der Waals surface area contributed by atoms with Gasteiger partial charge in [-0.25, -0.2) is 5.10 Å². The van der Waals surface area contributed by atoms with Crippen molar-refractivity contribution in [3.63, 3.8) is 0 Å². The quantitative estimate of drug-likeness (QED) is 0.713. The van der Waals surface area contributed by atoms with Crippen LogP contribution in [0.25, 0.3) is 10.8 Å². The molecule has 3 aromatic rings. The van der Waals surface area contributed by atoms with Crippen molar-refractivity contribution in [2.75, 3.05) is 13.1 Å². The number of amides is 1. The number of rotatable bonds is 4. The summed E-state index contributed by atoms with van der Waals surface area (Å²) in [7, 11) is 0. The van der Waals surface area contributed by atoms with Crippen LogP contribution in [0.1, 0.15) is 35.3 Å². The Bertz CT molecular complexity index is 1070. The monoisotopic (exact) mass is 394 g/mol. The number of thiophene rings is 1. The minimum atomic E-state index is -0.266. The maximum Gasteiger partial charge on any atom is 0.275 e. The van der Waals surface area contributed by atoms with Gasteiger partial charge in [0, 0.05) is 18.0 Å². The Hall–Kier alpha value is -2.51. The Morgan fingerprint density at radius 3 is 2.75 bits per heavy atom. The Morgan fingerprint density at radius 1 is 1.21 bits per heavy atom. The third-order valence-corrected chi connectivity index (χ3v) is 6.95. The van der Waals surface area contributed by atoms with Gasteiger partial charge in [0.05, 0.1) is 5.39 Å². The molecule has 2 fully saturated rings. The van der Waals surface area contributed by atoms with Gasteiger partial charge in [0.2, 0.25) is 0 Å². The van der Waals surface area contributed by atoms with E-state index >= 15 is 0 Å². The SMILES string of the molecule is O=C(c1n[nH]c(=O)c2ccccc12)N(Cc1ccsc1)C1CC12CCNCC2. The average molecular weight is 395 g/mol. The molecule has 1 aliphatic carbocycles. The number of aromatic nitrogens is 2. The molecule has 2 N–H and O–H groups in total. The molecular weight excluding hydrogens is 372 g/mol. The summed E-state index contributed by atoms with van der Waals surface area (Å²) in [5.41, 5.74) is 1.44. The highest BCUT2D eigenvalue weighted by Crippen LogP contribution is 2.56. The molecule has 2 aromatic heterocycles. The zero-order valence-electron chi connectivity index (χ0n) is 15.5. The van der Waals surface area contributed by atoms with E-state index in [4.69, 9.17) is 0 Å². The number of H-pyrrole nitrogens is 1. The number of carbonyl (C=O) groups is 1. The molecule has 0 radical (unpaired) electrons. The highest BCUT2D eigenvalue weighted by Gasteiger charge is 2.58. The second-order valence-electron chi connectivity index (χ2n) is 7.84. The van der Waals surface area contributed by atoms with Crippen molar-refractivity contribution in [1.29, 1.82) is 0 Å². The van der Waals surface area contributed by atoms with Crippen molar-refractivity contribution in [1.82, 2.24) is 20.4 Å². The van der Waals surface area contributed by atoms with Gasteiger partial charge in [0.15, 0.2) is 5.69 Å². The minimum Gasteiger partial charge on any atom is -0.329 e. The predicted molar refractivity (Wildman–Crippen MR) is 109 cm³/mol. The normalized spacial score (nSPS) is 20.4. The second kappa shape index (κ2) is 6.83. The van der Waals surface area contributed by atoms with Crippen molar-refractivity contribution < 1.29 is 4.79 Å². The first-order chi connectivity index (χ1) is 13.7. The van der Waals surface area contributed by atoms with Crippen LogP contribution in [0.3, 0.4) is 0 Å². The molecule has 0 bridgehead atoms. The number of fused-ring (bicyclic) bond motifs is 1. The van der Waals surface area contributed by atoms with E-state index in [2.05, 4.69) is 27.0 Å². The van der Waals surface area contributed by atoms with Gasteiger partial charge in [0.1, 0.15) is 0 Å². The average Bonchev–Trinajstić information content (AvgIpc) is 3.14. The van der Waals surface area contributed by atoms with E-state index in [-0.39, 0.29) is 22.9 Å². The summed E-state index contributed by atoms with van der Waals surface area (Å²) < 4.78 is 0. The summed E-state index contributed by atoms with van der Waals surface area (Å²) in [6.07, 6.45) is 3.25. The van der Waals surface area contributed by atoms with E-state index in [1.165, 1.54) is 0 Å². The molecule has 2 aliphatic rings. The molecule has 3 heterocycles. The number of piperidine rings is 1. The summed E-state index contributed by atoms with van der Waals surface area (Å²) in [6, 6.07) is 9.49. The molecule has 7 heteroatoms. The van der Waals surface area contributed by atoms with Crippen LogP contribution in [0.5, 0.6) is 0 Å². The van der Waals surface area contributed by atoms with Gasteiger partial charge in [-0.2, -0.15) is 16.4 Å². The fourth-order valence-electron chi connectivity index (χ4n) is 4.55. The van der Waals surface area contributed by atoms with Gasteiger partial charge < -0.3 is 10.2 Å². The van der Waals surface area contributed by atoms with Crippen molar-refractivity contribution >= 4 is 28.0 Å². The first kappa shape index (κ1) is 17.6. The van der Waals surface area contributed by atoms with E-state index in [1.807, 2.05) is 16.3 Å². The summed E-state index contributed by atoms with van der Waals surface area (Å²) >= 11 is 1.64. The number of hydrogen-bond donors (Lipinski definition) is 2. The fourth-order valence-corrected chi connectivity index (χ4v) is 5.21. The smallest absolute Gasteiger partial charge is 0.275 e. The van der Waals surface area contributed by atoms with E-state index in [0.717, 1.165) is 37.9 Å². The summed E-state index contributed by atoms with van der Waals surface area (Å²) in [6.45, 7) is 2.60. The Kier molecular flexibility index (Phi) is 4.29. The zero-order valence-corrected chi connectivity index (χ0v) is 16.3. The molecule has 1 saturated heterocycles. The van der Waals surface area contributed by atoms with Crippen molar-refractivity contribution in [2.24, 2.45) is 5.41 Å². The maximum absolute atomic E-state index is 13.6. The highest BCUT2D eigenvalue weighted by molar-refractivity contribution is 7.07. The molecule has 144 valence electrons. The lowest BCUT2D eigenvalue weighted by Gasteiger charge is -2.29. The number of carbonyl (C=O) groups excluding carboxylic acids is 1. The standard InChI is InChI=1S/C21H22N4O2S/c26-19-16-4-2-1-3-15(16)18(23-24-19)20(27)25(12-14-5-10-28-13-14)17-11-21(17)6-8-22-9-7-21/h1-5,10,13,17,22H,6-9,11-12H2,(H,24,26). The maximum atomic E-state index is 13.6. The molecule has 1 unspecified atom stereocenters. The molecule has 1 amide bonds. The summed E-state index contributed by atoms with van der Waals surface area (Å²) in [5, 5.41) is 15.3. The predicted octanol–water partition coefficient (Wildman–Crippen LogP) is 2.77. The summed E-state index contributed by atoms with van der Waals surface area (Å²) in [4.78, 5) is 27.7. The third-order valence-electron chi connectivity index (χ3n) is 6.21. The first-order valence-corrected chi connectivity index (χ1v) is 10.6. The van der Waals surface area contributed by atoms with Gasteiger partial charge >= 0.3 is 0 Å². The second-order valence-corrected chi connectivity index (χ2v) is 8.62. The van der Waals surface area contributed by atoms with E-state index in [1.54, 1.807) is 29.5 Å². The number of nitrogens with zero attached hydrogens (tertiary/aromatic N) is 2. The van der Waals surface area contributed by atoms with Crippen LogP contribution in [0.15, 0.2) is 45.9 Å². The van der Waals surface area contributed by atoms with Gasteiger partial charge in [-0.15, -0.1) is 0 Å². The highest BCUT2D eigenvalue weighted by atomic mass is 32.1. The molecule has 6 nitrogen and oxygen atoms in total. The molecule has 1 atom stereocenters. The van der Waals surface area contributed by atoms with Gasteiger partial charge in [-0.3, -0.25) is 9.59 Å². The van der Waals surface area contributed by atoms with Crippen LogP contribution in [-0.4, -0.2) is 40.1 Å². The van der Waals surface area contributed by atoms with Crippen LogP contribution >= 0.6 is 11.3 Å². The van der Waals surface area contributed by atoms with E-state index in [9.17, 15) is 9.59 Å². The largest absolute Gasteiger partial charge is 0.329 e. The van der Waals surface area contributed by atoms with Gasteiger partial charge in [-0.1, -0.05) is 18.2 Å². The fraction of sp³-hybridized carbons (Fsp3) is 0.381. The van der Waals surface area contributed by atoms with Gasteiger partial charge in [0.25, 0.3) is 11.5 Å². The van der Waals surface area contributed by atoms with E-state index < -0.39 is 0 Å². The van der Waals surface area contributed by atoms with E-state index in [0.29, 0.717) is 23.0 Å². The van der Waals surface area contributed by atoms with Crippen LogP contribution in [0.4, 0.5) is 0 Å². The van der Waals surface area contributed by atoms with Crippen LogP contribution in [-0.2, 0) is 6.54 Å². The lowest BCUT2D eigenvalue weighted by Crippen LogP contribution is -2.39. The number of nitrogens with one attached hydrogen (secondary N) is 2. The molecule has 1 aromatic carbocycles. The molecule has 1 aliphatic heterocycles. The van der Waals surface area contributed by atoms with Crippen LogP contribution in [0, 0.1) is 5.41 Å². The Balaban J connectivity index is 1.53.